The monoisotopic (exact) mass is 332 g/mol. The van der Waals surface area contributed by atoms with Crippen molar-refractivity contribution in [1.29, 1.82) is 0 Å². The molecule has 2 N–H and O–H groups in total. The van der Waals surface area contributed by atoms with Gasteiger partial charge in [0.15, 0.2) is 17.5 Å². The van der Waals surface area contributed by atoms with Crippen LogP contribution in [-0.4, -0.2) is 18.2 Å². The lowest BCUT2D eigenvalue weighted by atomic mass is 10.1. The number of anilines is 1. The van der Waals surface area contributed by atoms with E-state index in [1.165, 1.54) is 0 Å². The second-order valence-electron chi connectivity index (χ2n) is 3.99. The Hall–Kier alpha value is -2.48. The first-order valence-electron chi connectivity index (χ1n) is 5.70. The molecular formula is C13H8ClF3N2O3. The second-order valence-corrected chi connectivity index (χ2v) is 4.37. The van der Waals surface area contributed by atoms with Gasteiger partial charge in [-0.05, 0) is 18.2 Å². The molecule has 5 nitrogen and oxygen atoms in total. The van der Waals surface area contributed by atoms with E-state index in [0.29, 0.717) is 0 Å². The van der Waals surface area contributed by atoms with E-state index >= 15 is 0 Å². The number of aromatic nitrogens is 1. The number of nitrogens with two attached hydrogens (primary N) is 1. The lowest BCUT2D eigenvalue weighted by Crippen LogP contribution is -2.10. The third-order valence-corrected chi connectivity index (χ3v) is 2.99. The van der Waals surface area contributed by atoms with Crippen molar-refractivity contribution in [3.05, 3.63) is 40.7 Å². The van der Waals surface area contributed by atoms with Crippen LogP contribution in [0.2, 0.25) is 5.02 Å². The fourth-order valence-corrected chi connectivity index (χ4v) is 1.71. The van der Waals surface area contributed by atoms with E-state index in [1.54, 1.807) is 0 Å². The van der Waals surface area contributed by atoms with Crippen molar-refractivity contribution < 1.29 is 27.4 Å². The highest BCUT2D eigenvalue weighted by Gasteiger charge is 2.20. The number of rotatable bonds is 2. The Morgan fingerprint density at radius 1 is 1.27 bits per heavy atom. The predicted molar refractivity (Wildman–Crippen MR) is 72.0 cm³/mol. The molecule has 0 atom stereocenters. The maximum absolute atomic E-state index is 13.8. The summed E-state index contributed by atoms with van der Waals surface area (Å²) in [6.45, 7) is 0. The van der Waals surface area contributed by atoms with Crippen molar-refractivity contribution >= 4 is 23.4 Å². The summed E-state index contributed by atoms with van der Waals surface area (Å²) in [6, 6.07) is 2.81. The Kier molecular flexibility index (Phi) is 4.41. The summed E-state index contributed by atoms with van der Waals surface area (Å²) in [7, 11) is 1.05. The van der Waals surface area contributed by atoms with E-state index in [0.717, 1.165) is 25.3 Å². The van der Waals surface area contributed by atoms with Gasteiger partial charge in [-0.15, -0.1) is 0 Å². The first-order valence-corrected chi connectivity index (χ1v) is 6.08. The first kappa shape index (κ1) is 15.9. The Morgan fingerprint density at radius 2 is 1.95 bits per heavy atom. The van der Waals surface area contributed by atoms with Crippen LogP contribution in [0.5, 0.6) is 5.88 Å². The highest BCUT2D eigenvalue weighted by Crippen LogP contribution is 2.34. The third kappa shape index (κ3) is 2.91. The molecule has 0 aliphatic carbocycles. The van der Waals surface area contributed by atoms with E-state index in [1.807, 2.05) is 0 Å². The summed E-state index contributed by atoms with van der Waals surface area (Å²) in [6.07, 6.45) is -1.13. The predicted octanol–water partition coefficient (Wildman–Crippen LogP) is 3.55. The molecule has 0 saturated carbocycles. The van der Waals surface area contributed by atoms with Crippen LogP contribution in [0.1, 0.15) is 0 Å². The largest absolute Gasteiger partial charge is 0.514 e. The first-order chi connectivity index (χ1) is 10.3. The smallest absolute Gasteiger partial charge is 0.437 e. The summed E-state index contributed by atoms with van der Waals surface area (Å²) < 4.78 is 48.9. The number of pyridine rings is 1. The molecule has 0 unspecified atom stereocenters. The maximum Gasteiger partial charge on any atom is 0.514 e. The number of carbonyl (C=O) groups excluding carboxylic acids is 1. The average molecular weight is 333 g/mol. The molecule has 116 valence electrons. The molecule has 0 saturated heterocycles. The molecule has 0 spiro atoms. The van der Waals surface area contributed by atoms with E-state index < -0.39 is 29.5 Å². The Morgan fingerprint density at radius 3 is 2.59 bits per heavy atom. The molecule has 22 heavy (non-hydrogen) atoms. The van der Waals surface area contributed by atoms with Gasteiger partial charge >= 0.3 is 6.16 Å². The molecule has 0 aliphatic rings. The molecule has 2 rings (SSSR count). The molecule has 9 heteroatoms. The summed E-state index contributed by atoms with van der Waals surface area (Å²) in [5, 5.41) is -0.211. The fraction of sp³-hybridized carbons (Fsp3) is 0.0769. The highest BCUT2D eigenvalue weighted by atomic mass is 35.5. The Balaban J connectivity index is 2.57. The standard InChI is InChI=1S/C13H8ClF3N2O3/c1-21-13(20)22-12-9(14)7(18)4-8(19-12)5-2-3-6(15)11(17)10(5)16/h2-4H,1H3,(H2,18,19). The number of hydrogen-bond acceptors (Lipinski definition) is 5. The van der Waals surface area contributed by atoms with Gasteiger partial charge in [0.1, 0.15) is 5.02 Å². The van der Waals surface area contributed by atoms with Crippen LogP contribution in [0.4, 0.5) is 23.7 Å². The van der Waals surface area contributed by atoms with E-state index in [4.69, 9.17) is 17.3 Å². The molecule has 0 radical (unpaired) electrons. The number of halogens is 4. The lowest BCUT2D eigenvalue weighted by molar-refractivity contribution is 0.120. The normalized spacial score (nSPS) is 10.4. The zero-order valence-corrected chi connectivity index (χ0v) is 11.7. The Bertz CT molecular complexity index is 756. The van der Waals surface area contributed by atoms with Crippen LogP contribution in [0.25, 0.3) is 11.3 Å². The fourth-order valence-electron chi connectivity index (χ4n) is 1.57. The molecule has 1 aromatic heterocycles. The van der Waals surface area contributed by atoms with Crippen LogP contribution in [0, 0.1) is 17.5 Å². The molecular weight excluding hydrogens is 325 g/mol. The van der Waals surface area contributed by atoms with Gasteiger partial charge in [0.05, 0.1) is 18.5 Å². The van der Waals surface area contributed by atoms with Crippen LogP contribution in [0.15, 0.2) is 18.2 Å². The summed E-state index contributed by atoms with van der Waals surface area (Å²) >= 11 is 5.80. The number of nitrogens with zero attached hydrogens (tertiary/aromatic N) is 1. The van der Waals surface area contributed by atoms with Crippen molar-refractivity contribution in [2.75, 3.05) is 12.8 Å². The quantitative estimate of drug-likeness (QED) is 0.672. The van der Waals surface area contributed by atoms with Crippen LogP contribution < -0.4 is 10.5 Å². The van der Waals surface area contributed by atoms with Gasteiger partial charge in [0.25, 0.3) is 0 Å². The van der Waals surface area contributed by atoms with E-state index in [9.17, 15) is 18.0 Å². The number of benzene rings is 1. The summed E-state index contributed by atoms with van der Waals surface area (Å²) in [5.74, 6) is -4.93. The van der Waals surface area contributed by atoms with Crippen LogP contribution in [-0.2, 0) is 4.74 Å². The summed E-state index contributed by atoms with van der Waals surface area (Å²) in [4.78, 5) is 14.8. The van der Waals surface area contributed by atoms with Crippen molar-refractivity contribution in [3.63, 3.8) is 0 Å². The van der Waals surface area contributed by atoms with Gasteiger partial charge in [-0.3, -0.25) is 0 Å². The molecule has 0 bridgehead atoms. The number of nitrogen functional groups attached to an aromatic ring is 1. The number of carbonyl (C=O) groups is 1. The van der Waals surface area contributed by atoms with Crippen molar-refractivity contribution in [1.82, 2.24) is 4.98 Å². The zero-order chi connectivity index (χ0) is 16.4. The molecule has 1 heterocycles. The van der Waals surface area contributed by atoms with Gasteiger partial charge in [-0.1, -0.05) is 11.6 Å². The SMILES string of the molecule is COC(=O)Oc1nc(-c2ccc(F)c(F)c2F)cc(N)c1Cl. The van der Waals surface area contributed by atoms with Crippen molar-refractivity contribution in [3.8, 4) is 17.1 Å². The minimum Gasteiger partial charge on any atom is -0.437 e. The minimum atomic E-state index is -1.66. The van der Waals surface area contributed by atoms with Crippen molar-refractivity contribution in [2.45, 2.75) is 0 Å². The molecule has 2 aromatic rings. The highest BCUT2D eigenvalue weighted by molar-refractivity contribution is 6.34. The van der Waals surface area contributed by atoms with Gasteiger partial charge in [0, 0.05) is 5.56 Å². The third-order valence-electron chi connectivity index (χ3n) is 2.61. The van der Waals surface area contributed by atoms with Gasteiger partial charge in [-0.2, -0.15) is 0 Å². The molecule has 0 fully saturated rings. The number of ether oxygens (including phenoxy) is 2. The van der Waals surface area contributed by atoms with E-state index in [2.05, 4.69) is 14.5 Å². The number of methoxy groups -OCH3 is 1. The summed E-state index contributed by atoms with van der Waals surface area (Å²) in [5.41, 5.74) is 4.92. The molecule has 0 aliphatic heterocycles. The number of hydrogen-bond donors (Lipinski definition) is 1. The van der Waals surface area contributed by atoms with Gasteiger partial charge in [0.2, 0.25) is 5.88 Å². The van der Waals surface area contributed by atoms with E-state index in [-0.39, 0.29) is 22.0 Å². The van der Waals surface area contributed by atoms with Crippen LogP contribution in [0.3, 0.4) is 0 Å². The topological polar surface area (TPSA) is 74.4 Å². The minimum absolute atomic E-state index is 0.102. The average Bonchev–Trinajstić information content (AvgIpc) is 2.49. The molecule has 0 amide bonds. The van der Waals surface area contributed by atoms with Crippen molar-refractivity contribution in [2.24, 2.45) is 0 Å². The second kappa shape index (κ2) is 6.10. The van der Waals surface area contributed by atoms with Gasteiger partial charge < -0.3 is 15.2 Å². The van der Waals surface area contributed by atoms with Crippen LogP contribution >= 0.6 is 11.6 Å². The van der Waals surface area contributed by atoms with Gasteiger partial charge in [-0.25, -0.2) is 22.9 Å². The zero-order valence-electron chi connectivity index (χ0n) is 11.0. The Labute approximate surface area is 127 Å². The maximum atomic E-state index is 13.8. The molecule has 1 aromatic carbocycles. The lowest BCUT2D eigenvalue weighted by Gasteiger charge is -2.10.